The molecule has 1 atom stereocenters. The molecule has 0 aromatic heterocycles. The highest BCUT2D eigenvalue weighted by Crippen LogP contribution is 2.32. The summed E-state index contributed by atoms with van der Waals surface area (Å²) in [5, 5.41) is 0. The van der Waals surface area contributed by atoms with E-state index in [0.717, 1.165) is 4.83 Å². The Labute approximate surface area is 129 Å². The lowest BCUT2D eigenvalue weighted by atomic mass is 10.3. The second kappa shape index (κ2) is 8.12. The molecule has 0 heterocycles. The first-order valence-corrected chi connectivity index (χ1v) is 7.59. The number of para-hydroxylation sites is 2. The highest BCUT2D eigenvalue weighted by Gasteiger charge is 2.37. The van der Waals surface area contributed by atoms with Gasteiger partial charge in [0.05, 0.1) is 7.11 Å². The molecule has 0 aliphatic carbocycles. The summed E-state index contributed by atoms with van der Waals surface area (Å²) < 4.78 is 22.2. The Kier molecular flexibility index (Phi) is 5.89. The van der Waals surface area contributed by atoms with E-state index in [1.54, 1.807) is 48.5 Å². The molecular weight excluding hydrogens is 305 g/mol. The first-order chi connectivity index (χ1) is 10.7. The number of rotatable bonds is 7. The van der Waals surface area contributed by atoms with Crippen molar-refractivity contribution >= 4 is 14.1 Å². The summed E-state index contributed by atoms with van der Waals surface area (Å²) in [4.78, 5) is 17.8. The third-order valence-corrected chi connectivity index (χ3v) is 3.51. The van der Waals surface area contributed by atoms with Crippen molar-refractivity contribution in [2.24, 2.45) is 0 Å². The molecule has 114 valence electrons. The van der Waals surface area contributed by atoms with E-state index >= 15 is 0 Å². The van der Waals surface area contributed by atoms with Crippen molar-refractivity contribution in [3.05, 3.63) is 60.7 Å². The summed E-state index contributed by atoms with van der Waals surface area (Å²) in [5.74, 6) is 0.262. The van der Waals surface area contributed by atoms with Crippen LogP contribution in [0.1, 0.15) is 0 Å². The smallest absolute Gasteiger partial charge is 0.468 e. The quantitative estimate of drug-likeness (QED) is 0.443. The number of esters is 1. The van der Waals surface area contributed by atoms with E-state index in [-0.39, 0.29) is 6.54 Å². The van der Waals surface area contributed by atoms with Gasteiger partial charge in [-0.1, -0.05) is 36.4 Å². The van der Waals surface area contributed by atoms with Gasteiger partial charge in [-0.3, -0.25) is 4.79 Å². The first kappa shape index (κ1) is 15.9. The lowest BCUT2D eigenvalue weighted by Crippen LogP contribution is -2.28. The highest BCUT2D eigenvalue weighted by molar-refractivity contribution is 7.36. The van der Waals surface area contributed by atoms with E-state index in [4.69, 9.17) is 9.36 Å². The average molecular weight is 320 g/mol. The van der Waals surface area contributed by atoms with E-state index in [0.29, 0.717) is 11.5 Å². The van der Waals surface area contributed by atoms with Crippen molar-refractivity contribution < 1.29 is 23.5 Å². The average Bonchev–Trinajstić information content (AvgIpc) is 2.56. The van der Waals surface area contributed by atoms with Crippen LogP contribution in [-0.2, 0) is 14.1 Å². The van der Waals surface area contributed by atoms with Crippen molar-refractivity contribution in [3.63, 3.8) is 0 Å². The topological polar surface area (TPSA) is 65.1 Å². The molecule has 0 radical (unpaired) electrons. The van der Waals surface area contributed by atoms with Gasteiger partial charge in [0.15, 0.2) is 18.0 Å². The second-order valence-electron chi connectivity index (χ2n) is 4.13. The Morgan fingerprint density at radius 3 is 2.09 bits per heavy atom. The zero-order valence-electron chi connectivity index (χ0n) is 11.9. The number of methoxy groups -OCH3 is 1. The molecule has 0 N–H and O–H groups in total. The molecule has 2 rings (SSSR count). The molecule has 2 aromatic rings. The minimum atomic E-state index is -2.42. The molecule has 0 spiro atoms. The van der Waals surface area contributed by atoms with Crippen molar-refractivity contribution in [2.45, 2.75) is 0 Å². The van der Waals surface area contributed by atoms with Gasteiger partial charge in [0.25, 0.3) is 0 Å². The predicted molar refractivity (Wildman–Crippen MR) is 80.5 cm³/mol. The molecule has 2 aromatic carbocycles. The highest BCUT2D eigenvalue weighted by atomic mass is 31.1. The third kappa shape index (κ3) is 4.84. The van der Waals surface area contributed by atoms with Gasteiger partial charge in [0, 0.05) is 4.57 Å². The van der Waals surface area contributed by atoms with Crippen molar-refractivity contribution in [1.29, 1.82) is 0 Å². The van der Waals surface area contributed by atoms with Crippen LogP contribution in [0.2, 0.25) is 0 Å². The molecule has 0 bridgehead atoms. The van der Waals surface area contributed by atoms with Gasteiger partial charge < -0.3 is 9.57 Å². The van der Waals surface area contributed by atoms with Gasteiger partial charge in [-0.05, 0) is 24.3 Å². The van der Waals surface area contributed by atoms with Crippen LogP contribution in [-0.4, -0.2) is 24.5 Å². The Hall–Kier alpha value is -2.43. The molecule has 0 saturated heterocycles. The Balaban J connectivity index is 2.09. The monoisotopic (exact) mass is 320 g/mol. The maximum atomic E-state index is 12.3. The molecular formula is C15H15NO5P+. The van der Waals surface area contributed by atoms with E-state index in [9.17, 15) is 9.36 Å². The number of carbonyl (C=O) groups is 1. The molecule has 0 fully saturated rings. The van der Waals surface area contributed by atoms with Crippen LogP contribution in [0.3, 0.4) is 0 Å². The molecule has 7 heteroatoms. The fourth-order valence-electron chi connectivity index (χ4n) is 1.52. The summed E-state index contributed by atoms with van der Waals surface area (Å²) in [5.41, 5.74) is 0. The van der Waals surface area contributed by atoms with Crippen LogP contribution < -0.4 is 9.36 Å². The lowest BCUT2D eigenvalue weighted by molar-refractivity contribution is -0.145. The molecule has 0 amide bonds. The van der Waals surface area contributed by atoms with E-state index in [2.05, 4.69) is 4.74 Å². The van der Waals surface area contributed by atoms with Crippen LogP contribution in [0.15, 0.2) is 60.7 Å². The van der Waals surface area contributed by atoms with Crippen LogP contribution in [0.25, 0.3) is 0 Å². The number of carbonyl (C=O) groups excluding carboxylic acids is 1. The number of hydrogen-bond donors (Lipinski definition) is 0. The van der Waals surface area contributed by atoms with Gasteiger partial charge in [0.1, 0.15) is 4.83 Å². The van der Waals surface area contributed by atoms with E-state index < -0.39 is 14.1 Å². The summed E-state index contributed by atoms with van der Waals surface area (Å²) in [6.07, 6.45) is 0. The number of hydrogen-bond acceptors (Lipinski definition) is 5. The maximum absolute atomic E-state index is 12.3. The number of nitrogens with zero attached hydrogens (tertiary/aromatic N) is 1. The number of ether oxygens (including phenoxy) is 1. The maximum Gasteiger partial charge on any atom is 0.703 e. The van der Waals surface area contributed by atoms with Crippen molar-refractivity contribution in [2.75, 3.05) is 13.7 Å². The minimum absolute atomic E-state index is 0.326. The zero-order chi connectivity index (χ0) is 15.8. The fourth-order valence-corrected chi connectivity index (χ4v) is 2.30. The van der Waals surface area contributed by atoms with Crippen molar-refractivity contribution in [1.82, 2.24) is 4.83 Å². The van der Waals surface area contributed by atoms with Gasteiger partial charge in [-0.15, -0.1) is 0 Å². The van der Waals surface area contributed by atoms with Crippen LogP contribution in [0, 0.1) is 0 Å². The Bertz CT molecular complexity index is 620. The normalized spacial score (nSPS) is 10.9. The largest absolute Gasteiger partial charge is 0.703 e. The predicted octanol–water partition coefficient (Wildman–Crippen LogP) is 3.19. The Morgan fingerprint density at radius 2 is 1.55 bits per heavy atom. The van der Waals surface area contributed by atoms with Crippen molar-refractivity contribution in [3.8, 4) is 11.5 Å². The summed E-state index contributed by atoms with van der Waals surface area (Å²) in [6, 6.07) is 17.3. The van der Waals surface area contributed by atoms with Crippen LogP contribution in [0.5, 0.6) is 11.5 Å². The van der Waals surface area contributed by atoms with Crippen LogP contribution >= 0.6 is 8.18 Å². The number of benzene rings is 2. The molecule has 6 nitrogen and oxygen atoms in total. The summed E-state index contributed by atoms with van der Waals surface area (Å²) in [7, 11) is -1.18. The third-order valence-electron chi connectivity index (χ3n) is 2.55. The standard InChI is InChI=1S/C15H15NO5P/c1-19-15(17)12-16(20-13-8-4-2-5-9-13)22(18)21-14-10-6-3-7-11-14/h2-11H,12H2,1H3/q+1. The Morgan fingerprint density at radius 1 is 1.00 bits per heavy atom. The first-order valence-electron chi connectivity index (χ1n) is 6.46. The van der Waals surface area contributed by atoms with E-state index in [1.807, 2.05) is 12.1 Å². The van der Waals surface area contributed by atoms with E-state index in [1.165, 1.54) is 7.11 Å². The minimum Gasteiger partial charge on any atom is -0.468 e. The van der Waals surface area contributed by atoms with Gasteiger partial charge in [0.2, 0.25) is 0 Å². The van der Waals surface area contributed by atoms with Gasteiger partial charge in [-0.2, -0.15) is 0 Å². The van der Waals surface area contributed by atoms with Crippen LogP contribution in [0.4, 0.5) is 0 Å². The molecule has 1 unspecified atom stereocenters. The SMILES string of the molecule is COC(=O)CN(Oc1ccccc1)[P+](=O)Oc1ccccc1. The molecule has 22 heavy (non-hydrogen) atoms. The van der Waals surface area contributed by atoms with Gasteiger partial charge >= 0.3 is 14.1 Å². The fraction of sp³-hybridized carbons (Fsp3) is 0.133. The summed E-state index contributed by atoms with van der Waals surface area (Å²) >= 11 is 0. The second-order valence-corrected chi connectivity index (χ2v) is 5.24. The lowest BCUT2D eigenvalue weighted by Gasteiger charge is -2.10. The van der Waals surface area contributed by atoms with Gasteiger partial charge in [-0.25, -0.2) is 4.52 Å². The number of hydroxylamine groups is 1. The summed E-state index contributed by atoms with van der Waals surface area (Å²) in [6.45, 7) is -0.326. The zero-order valence-corrected chi connectivity index (χ0v) is 12.8. The molecule has 0 aliphatic heterocycles. The molecule has 0 saturated carbocycles. The molecule has 0 aliphatic rings.